The van der Waals surface area contributed by atoms with Crippen molar-refractivity contribution in [2.45, 2.75) is 38.8 Å². The highest BCUT2D eigenvalue weighted by molar-refractivity contribution is 5.57. The summed E-state index contributed by atoms with van der Waals surface area (Å²) in [5.74, 6) is 0. The molecule has 2 heteroatoms. The lowest BCUT2D eigenvalue weighted by Gasteiger charge is -2.32. The number of aldehydes is 1. The molecule has 1 aliphatic heterocycles. The molecule has 0 amide bonds. The highest BCUT2D eigenvalue weighted by atomic mass is 16.1. The van der Waals surface area contributed by atoms with Gasteiger partial charge < -0.3 is 4.79 Å². The molecule has 0 bridgehead atoms. The van der Waals surface area contributed by atoms with Crippen LogP contribution in [-0.4, -0.2) is 23.8 Å². The number of carbonyl (C=O) groups excluding carboxylic acids is 1. The molecule has 1 aromatic rings. The summed E-state index contributed by atoms with van der Waals surface area (Å²) in [5, 5.41) is 0. The van der Waals surface area contributed by atoms with Gasteiger partial charge in [0.15, 0.2) is 0 Å². The summed E-state index contributed by atoms with van der Waals surface area (Å²) in [5.41, 5.74) is 2.60. The number of carbonyl (C=O) groups is 1. The molecule has 0 radical (unpaired) electrons. The first-order valence-corrected chi connectivity index (χ1v) is 6.04. The molecule has 1 fully saturated rings. The van der Waals surface area contributed by atoms with E-state index in [1.54, 1.807) is 0 Å². The van der Waals surface area contributed by atoms with Crippen LogP contribution in [0.4, 0.5) is 0 Å². The summed E-state index contributed by atoms with van der Waals surface area (Å²) in [6.07, 6.45) is 4.54. The number of aryl methyl sites for hydroxylation is 1. The maximum absolute atomic E-state index is 11.0. The predicted molar refractivity (Wildman–Crippen MR) is 65.3 cm³/mol. The van der Waals surface area contributed by atoms with E-state index in [2.05, 4.69) is 36.1 Å². The Morgan fingerprint density at radius 1 is 1.44 bits per heavy atom. The number of rotatable bonds is 3. The first kappa shape index (κ1) is 11.3. The summed E-state index contributed by atoms with van der Waals surface area (Å²) in [4.78, 5) is 13.3. The van der Waals surface area contributed by atoms with Gasteiger partial charge in [0.05, 0.1) is 6.04 Å². The quantitative estimate of drug-likeness (QED) is 0.725. The van der Waals surface area contributed by atoms with Crippen molar-refractivity contribution in [1.29, 1.82) is 0 Å². The number of nitrogens with zero attached hydrogens (tertiary/aromatic N) is 1. The minimum atomic E-state index is 0.134. The number of piperidine rings is 1. The van der Waals surface area contributed by atoms with Crippen molar-refractivity contribution < 1.29 is 4.79 Å². The number of likely N-dealkylation sites (tertiary alicyclic amines) is 1. The van der Waals surface area contributed by atoms with E-state index in [1.807, 2.05) is 0 Å². The fourth-order valence-corrected chi connectivity index (χ4v) is 2.41. The Morgan fingerprint density at radius 3 is 3.06 bits per heavy atom. The van der Waals surface area contributed by atoms with Crippen LogP contribution in [0.3, 0.4) is 0 Å². The lowest BCUT2D eigenvalue weighted by atomic mass is 10.0. The second-order valence-electron chi connectivity index (χ2n) is 4.66. The molecule has 2 nitrogen and oxygen atoms in total. The van der Waals surface area contributed by atoms with E-state index in [4.69, 9.17) is 0 Å². The van der Waals surface area contributed by atoms with Crippen LogP contribution in [0.5, 0.6) is 0 Å². The monoisotopic (exact) mass is 217 g/mol. The minimum Gasteiger partial charge on any atom is -0.302 e. The van der Waals surface area contributed by atoms with Gasteiger partial charge in [0, 0.05) is 6.54 Å². The molecule has 1 aromatic carbocycles. The largest absolute Gasteiger partial charge is 0.302 e. The van der Waals surface area contributed by atoms with E-state index in [9.17, 15) is 4.79 Å². The van der Waals surface area contributed by atoms with Crippen LogP contribution in [0.15, 0.2) is 24.3 Å². The van der Waals surface area contributed by atoms with Crippen molar-refractivity contribution in [3.05, 3.63) is 35.4 Å². The summed E-state index contributed by atoms with van der Waals surface area (Å²) in [7, 11) is 0. The first-order valence-electron chi connectivity index (χ1n) is 6.04. The van der Waals surface area contributed by atoms with Gasteiger partial charge >= 0.3 is 0 Å². The van der Waals surface area contributed by atoms with Gasteiger partial charge in [-0.3, -0.25) is 4.90 Å². The molecule has 1 saturated heterocycles. The van der Waals surface area contributed by atoms with Gasteiger partial charge in [-0.05, 0) is 31.9 Å². The molecule has 16 heavy (non-hydrogen) atoms. The summed E-state index contributed by atoms with van der Waals surface area (Å²) in [6.45, 7) is 4.07. The standard InChI is InChI=1S/C14H19NO/c1-12-5-4-6-13(9-12)10-15-8-3-2-7-14(15)11-16/h4-6,9,11,14H,2-3,7-8,10H2,1H3. The fourth-order valence-electron chi connectivity index (χ4n) is 2.41. The Hall–Kier alpha value is -1.15. The maximum atomic E-state index is 11.0. The molecule has 0 saturated carbocycles. The molecular weight excluding hydrogens is 198 g/mol. The Balaban J connectivity index is 2.04. The fraction of sp³-hybridized carbons (Fsp3) is 0.500. The van der Waals surface area contributed by atoms with Crippen LogP contribution >= 0.6 is 0 Å². The highest BCUT2D eigenvalue weighted by Gasteiger charge is 2.21. The molecule has 0 aromatic heterocycles. The smallest absolute Gasteiger partial charge is 0.137 e. The molecule has 1 unspecified atom stereocenters. The van der Waals surface area contributed by atoms with E-state index in [0.29, 0.717) is 0 Å². The Morgan fingerprint density at radius 2 is 2.31 bits per heavy atom. The molecule has 86 valence electrons. The molecule has 0 N–H and O–H groups in total. The van der Waals surface area contributed by atoms with Crippen LogP contribution in [-0.2, 0) is 11.3 Å². The van der Waals surface area contributed by atoms with E-state index in [-0.39, 0.29) is 6.04 Å². The Labute approximate surface area is 97.3 Å². The van der Waals surface area contributed by atoms with Crippen LogP contribution in [0.2, 0.25) is 0 Å². The average molecular weight is 217 g/mol. The van der Waals surface area contributed by atoms with Crippen LogP contribution in [0.1, 0.15) is 30.4 Å². The number of hydrogen-bond acceptors (Lipinski definition) is 2. The van der Waals surface area contributed by atoms with E-state index >= 15 is 0 Å². The zero-order valence-corrected chi connectivity index (χ0v) is 9.86. The third-order valence-electron chi connectivity index (χ3n) is 3.29. The molecule has 1 aliphatic rings. The molecule has 1 heterocycles. The van der Waals surface area contributed by atoms with E-state index in [1.165, 1.54) is 24.0 Å². The number of hydrogen-bond donors (Lipinski definition) is 0. The Kier molecular flexibility index (Phi) is 3.73. The van der Waals surface area contributed by atoms with Crippen LogP contribution in [0.25, 0.3) is 0 Å². The lowest BCUT2D eigenvalue weighted by molar-refractivity contribution is -0.113. The minimum absolute atomic E-state index is 0.134. The normalized spacial score (nSPS) is 21.9. The van der Waals surface area contributed by atoms with Crippen molar-refractivity contribution in [1.82, 2.24) is 4.90 Å². The molecule has 2 rings (SSSR count). The zero-order valence-electron chi connectivity index (χ0n) is 9.86. The van der Waals surface area contributed by atoms with Crippen molar-refractivity contribution >= 4 is 6.29 Å². The highest BCUT2D eigenvalue weighted by Crippen LogP contribution is 2.18. The van der Waals surface area contributed by atoms with Gasteiger partial charge in [0.1, 0.15) is 6.29 Å². The Bertz CT molecular complexity index is 362. The van der Waals surface area contributed by atoms with Crippen LogP contribution in [0, 0.1) is 6.92 Å². The third kappa shape index (κ3) is 2.70. The van der Waals surface area contributed by atoms with E-state index < -0.39 is 0 Å². The molecule has 0 spiro atoms. The van der Waals surface area contributed by atoms with Crippen molar-refractivity contribution in [3.63, 3.8) is 0 Å². The predicted octanol–water partition coefficient (Wildman–Crippen LogP) is 2.55. The van der Waals surface area contributed by atoms with Gasteiger partial charge in [0.25, 0.3) is 0 Å². The zero-order chi connectivity index (χ0) is 11.4. The second kappa shape index (κ2) is 5.26. The van der Waals surface area contributed by atoms with Crippen LogP contribution < -0.4 is 0 Å². The third-order valence-corrected chi connectivity index (χ3v) is 3.29. The van der Waals surface area contributed by atoms with Gasteiger partial charge in [-0.2, -0.15) is 0 Å². The maximum Gasteiger partial charge on any atom is 0.137 e. The van der Waals surface area contributed by atoms with Gasteiger partial charge in [-0.25, -0.2) is 0 Å². The summed E-state index contributed by atoms with van der Waals surface area (Å²) < 4.78 is 0. The van der Waals surface area contributed by atoms with Crippen molar-refractivity contribution in [3.8, 4) is 0 Å². The van der Waals surface area contributed by atoms with Gasteiger partial charge in [-0.1, -0.05) is 36.2 Å². The summed E-state index contributed by atoms with van der Waals surface area (Å²) in [6, 6.07) is 8.68. The SMILES string of the molecule is Cc1cccc(CN2CCCCC2C=O)c1. The van der Waals surface area contributed by atoms with Gasteiger partial charge in [0.2, 0.25) is 0 Å². The van der Waals surface area contributed by atoms with Gasteiger partial charge in [-0.15, -0.1) is 0 Å². The lowest BCUT2D eigenvalue weighted by Crippen LogP contribution is -2.39. The van der Waals surface area contributed by atoms with E-state index in [0.717, 1.165) is 25.8 Å². The molecule has 0 aliphatic carbocycles. The summed E-state index contributed by atoms with van der Waals surface area (Å²) >= 11 is 0. The van der Waals surface area contributed by atoms with Crippen molar-refractivity contribution in [2.24, 2.45) is 0 Å². The topological polar surface area (TPSA) is 20.3 Å². The number of benzene rings is 1. The molecule has 1 atom stereocenters. The van der Waals surface area contributed by atoms with Crippen molar-refractivity contribution in [2.75, 3.05) is 6.54 Å². The second-order valence-corrected chi connectivity index (χ2v) is 4.66. The average Bonchev–Trinajstić information content (AvgIpc) is 2.30. The molecular formula is C14H19NO. The first-order chi connectivity index (χ1) is 7.79.